The average molecular weight is 194 g/mol. The fourth-order valence-corrected chi connectivity index (χ4v) is 0.796. The number of benzene rings is 1. The molecule has 0 saturated heterocycles. The molecule has 0 heterocycles. The Bertz CT molecular complexity index is 263. The molecule has 0 aliphatic carbocycles. The van der Waals surface area contributed by atoms with E-state index in [9.17, 15) is 8.78 Å². The SMILES string of the molecule is C[C@H](N)c1ccc(F)c(F)c1.Cl. The molecule has 4 heteroatoms. The summed E-state index contributed by atoms with van der Waals surface area (Å²) in [5, 5.41) is 0. The van der Waals surface area contributed by atoms with Crippen molar-refractivity contribution >= 4 is 12.4 Å². The van der Waals surface area contributed by atoms with Gasteiger partial charge in [-0.25, -0.2) is 8.78 Å². The second-order valence-corrected chi connectivity index (χ2v) is 2.46. The maximum Gasteiger partial charge on any atom is 0.159 e. The van der Waals surface area contributed by atoms with Crippen LogP contribution in [0, 0.1) is 11.6 Å². The minimum Gasteiger partial charge on any atom is -0.324 e. The van der Waals surface area contributed by atoms with Gasteiger partial charge >= 0.3 is 0 Å². The highest BCUT2D eigenvalue weighted by atomic mass is 35.5. The summed E-state index contributed by atoms with van der Waals surface area (Å²) in [5.74, 6) is -1.69. The van der Waals surface area contributed by atoms with E-state index in [-0.39, 0.29) is 18.4 Å². The molecule has 0 spiro atoms. The minimum absolute atomic E-state index is 0. The van der Waals surface area contributed by atoms with Crippen molar-refractivity contribution in [3.8, 4) is 0 Å². The predicted molar refractivity (Wildman–Crippen MR) is 46.2 cm³/mol. The van der Waals surface area contributed by atoms with Crippen LogP contribution in [0.15, 0.2) is 18.2 Å². The first-order valence-corrected chi connectivity index (χ1v) is 3.32. The third kappa shape index (κ3) is 2.43. The summed E-state index contributed by atoms with van der Waals surface area (Å²) in [6, 6.07) is 3.40. The first-order valence-electron chi connectivity index (χ1n) is 3.32. The van der Waals surface area contributed by atoms with Gasteiger partial charge in [-0.3, -0.25) is 0 Å². The second kappa shape index (κ2) is 4.38. The van der Waals surface area contributed by atoms with Crippen LogP contribution in [0.2, 0.25) is 0 Å². The van der Waals surface area contributed by atoms with Crippen LogP contribution in [0.1, 0.15) is 18.5 Å². The van der Waals surface area contributed by atoms with Gasteiger partial charge in [-0.2, -0.15) is 0 Å². The van der Waals surface area contributed by atoms with Gasteiger partial charge in [0.25, 0.3) is 0 Å². The highest BCUT2D eigenvalue weighted by molar-refractivity contribution is 5.85. The van der Waals surface area contributed by atoms with Crippen LogP contribution < -0.4 is 5.73 Å². The van der Waals surface area contributed by atoms with Crippen molar-refractivity contribution < 1.29 is 8.78 Å². The molecule has 0 bridgehead atoms. The largest absolute Gasteiger partial charge is 0.324 e. The van der Waals surface area contributed by atoms with Crippen molar-refractivity contribution in [2.75, 3.05) is 0 Å². The van der Waals surface area contributed by atoms with Gasteiger partial charge in [0, 0.05) is 6.04 Å². The lowest BCUT2D eigenvalue weighted by Gasteiger charge is -2.04. The van der Waals surface area contributed by atoms with Crippen molar-refractivity contribution in [2.24, 2.45) is 5.73 Å². The Morgan fingerprint density at radius 1 is 1.25 bits per heavy atom. The maximum atomic E-state index is 12.5. The topological polar surface area (TPSA) is 26.0 Å². The van der Waals surface area contributed by atoms with E-state index < -0.39 is 11.6 Å². The van der Waals surface area contributed by atoms with Gasteiger partial charge in [0.1, 0.15) is 0 Å². The molecule has 1 nitrogen and oxygen atoms in total. The first kappa shape index (κ1) is 11.3. The highest BCUT2D eigenvalue weighted by Crippen LogP contribution is 2.13. The van der Waals surface area contributed by atoms with E-state index in [1.54, 1.807) is 6.92 Å². The third-order valence-corrected chi connectivity index (χ3v) is 1.47. The summed E-state index contributed by atoms with van der Waals surface area (Å²) in [5.41, 5.74) is 6.04. The summed E-state index contributed by atoms with van der Waals surface area (Å²) in [4.78, 5) is 0. The molecule has 0 amide bonds. The number of hydrogen-bond acceptors (Lipinski definition) is 1. The zero-order chi connectivity index (χ0) is 8.43. The molecule has 1 atom stereocenters. The quantitative estimate of drug-likeness (QED) is 0.728. The number of halogens is 3. The van der Waals surface area contributed by atoms with Gasteiger partial charge in [-0.15, -0.1) is 12.4 Å². The maximum absolute atomic E-state index is 12.5. The smallest absolute Gasteiger partial charge is 0.159 e. The van der Waals surface area contributed by atoms with E-state index in [0.717, 1.165) is 12.1 Å². The number of nitrogens with two attached hydrogens (primary N) is 1. The molecule has 1 aromatic rings. The van der Waals surface area contributed by atoms with Crippen LogP contribution in [-0.4, -0.2) is 0 Å². The van der Waals surface area contributed by atoms with E-state index in [1.165, 1.54) is 6.07 Å². The summed E-state index contributed by atoms with van der Waals surface area (Å²) >= 11 is 0. The van der Waals surface area contributed by atoms with Crippen molar-refractivity contribution in [2.45, 2.75) is 13.0 Å². The Morgan fingerprint density at radius 2 is 1.83 bits per heavy atom. The Balaban J connectivity index is 0.00000121. The molecule has 0 unspecified atom stereocenters. The number of rotatable bonds is 1. The molecule has 0 saturated carbocycles. The predicted octanol–water partition coefficient (Wildman–Crippen LogP) is 2.41. The molecule has 0 fully saturated rings. The van der Waals surface area contributed by atoms with E-state index in [4.69, 9.17) is 5.73 Å². The molecule has 1 rings (SSSR count). The Labute approximate surface area is 76.0 Å². The fourth-order valence-electron chi connectivity index (χ4n) is 0.796. The van der Waals surface area contributed by atoms with Gasteiger partial charge in [0.2, 0.25) is 0 Å². The van der Waals surface area contributed by atoms with Gasteiger partial charge < -0.3 is 5.73 Å². The van der Waals surface area contributed by atoms with Crippen LogP contribution >= 0.6 is 12.4 Å². The van der Waals surface area contributed by atoms with Gasteiger partial charge in [-0.1, -0.05) is 6.07 Å². The van der Waals surface area contributed by atoms with Crippen LogP contribution in [0.3, 0.4) is 0 Å². The van der Waals surface area contributed by atoms with Crippen LogP contribution in [0.25, 0.3) is 0 Å². The lowest BCUT2D eigenvalue weighted by atomic mass is 10.1. The Hall–Kier alpha value is -0.670. The summed E-state index contributed by atoms with van der Waals surface area (Å²) in [6.07, 6.45) is 0. The van der Waals surface area contributed by atoms with E-state index in [2.05, 4.69) is 0 Å². The molecule has 0 aliphatic heterocycles. The van der Waals surface area contributed by atoms with Crippen molar-refractivity contribution in [3.05, 3.63) is 35.4 Å². The molecule has 1 aromatic carbocycles. The monoisotopic (exact) mass is 193 g/mol. The van der Waals surface area contributed by atoms with E-state index in [1.807, 2.05) is 0 Å². The van der Waals surface area contributed by atoms with E-state index >= 15 is 0 Å². The standard InChI is InChI=1S/C8H9F2N.ClH/c1-5(11)6-2-3-7(9)8(10)4-6;/h2-5H,11H2,1H3;1H/t5-;/m0./s1. The van der Waals surface area contributed by atoms with Crippen molar-refractivity contribution in [1.29, 1.82) is 0 Å². The lowest BCUT2D eigenvalue weighted by molar-refractivity contribution is 0.506. The third-order valence-electron chi connectivity index (χ3n) is 1.47. The molecule has 0 aliphatic rings. The van der Waals surface area contributed by atoms with Crippen molar-refractivity contribution in [3.63, 3.8) is 0 Å². The van der Waals surface area contributed by atoms with Crippen LogP contribution in [-0.2, 0) is 0 Å². The number of hydrogen-bond donors (Lipinski definition) is 1. The highest BCUT2D eigenvalue weighted by Gasteiger charge is 2.04. The molecular weight excluding hydrogens is 184 g/mol. The molecule has 2 N–H and O–H groups in total. The summed E-state index contributed by atoms with van der Waals surface area (Å²) in [7, 11) is 0. The normalized spacial score (nSPS) is 12.0. The molecule has 68 valence electrons. The average Bonchev–Trinajstić information content (AvgIpc) is 1.94. The lowest BCUT2D eigenvalue weighted by Crippen LogP contribution is -2.05. The summed E-state index contributed by atoms with van der Waals surface area (Å²) in [6.45, 7) is 1.71. The van der Waals surface area contributed by atoms with Gasteiger partial charge in [0.05, 0.1) is 0 Å². The first-order chi connectivity index (χ1) is 5.11. The van der Waals surface area contributed by atoms with Gasteiger partial charge in [0.15, 0.2) is 11.6 Å². The molecule has 0 radical (unpaired) electrons. The molecule has 12 heavy (non-hydrogen) atoms. The Kier molecular flexibility index (Phi) is 4.13. The van der Waals surface area contributed by atoms with Gasteiger partial charge in [-0.05, 0) is 24.6 Å². The van der Waals surface area contributed by atoms with Crippen LogP contribution in [0.4, 0.5) is 8.78 Å². The van der Waals surface area contributed by atoms with Crippen LogP contribution in [0.5, 0.6) is 0 Å². The Morgan fingerprint density at radius 3 is 2.25 bits per heavy atom. The molecule has 0 aromatic heterocycles. The summed E-state index contributed by atoms with van der Waals surface area (Å²) < 4.78 is 24.9. The zero-order valence-corrected chi connectivity index (χ0v) is 7.37. The second-order valence-electron chi connectivity index (χ2n) is 2.46. The minimum atomic E-state index is -0.847. The van der Waals surface area contributed by atoms with E-state index in [0.29, 0.717) is 5.56 Å². The van der Waals surface area contributed by atoms with Crippen molar-refractivity contribution in [1.82, 2.24) is 0 Å². The molecular formula is C8H10ClF2N. The zero-order valence-electron chi connectivity index (χ0n) is 6.55. The fraction of sp³-hybridized carbons (Fsp3) is 0.250.